The molecule has 0 aliphatic heterocycles. The van der Waals surface area contributed by atoms with E-state index in [-0.39, 0.29) is 11.4 Å². The first-order chi connectivity index (χ1) is 11.8. The Balaban J connectivity index is 2.12. The molecule has 0 saturated heterocycles. The fourth-order valence-electron chi connectivity index (χ4n) is 2.48. The maximum absolute atomic E-state index is 12.7. The summed E-state index contributed by atoms with van der Waals surface area (Å²) in [6.45, 7) is 4.09. The van der Waals surface area contributed by atoms with Gasteiger partial charge in [-0.15, -0.1) is 0 Å². The minimum Gasteiger partial charge on any atom is -0.497 e. The van der Waals surface area contributed by atoms with E-state index in [1.54, 1.807) is 43.5 Å². The maximum Gasteiger partial charge on any atom is 0.242 e. The van der Waals surface area contributed by atoms with Crippen LogP contribution in [-0.2, 0) is 10.0 Å². The van der Waals surface area contributed by atoms with Gasteiger partial charge in [0.1, 0.15) is 5.75 Å². The summed E-state index contributed by atoms with van der Waals surface area (Å²) in [5.41, 5.74) is 1.72. The Morgan fingerprint density at radius 1 is 1.00 bits per heavy atom. The summed E-state index contributed by atoms with van der Waals surface area (Å²) in [6.07, 6.45) is -0.916. The van der Waals surface area contributed by atoms with Crippen LogP contribution in [0.4, 0.5) is 0 Å². The molecule has 0 heterocycles. The largest absolute Gasteiger partial charge is 0.497 e. The summed E-state index contributed by atoms with van der Waals surface area (Å²) < 4.78 is 31.6. The van der Waals surface area contributed by atoms with Crippen LogP contribution in [-0.4, -0.2) is 38.5 Å². The second-order valence-electron chi connectivity index (χ2n) is 6.30. The molecule has 5 nitrogen and oxygen atoms in total. The Labute approximate surface area is 149 Å². The fourth-order valence-corrected chi connectivity index (χ4v) is 3.66. The molecule has 0 bridgehead atoms. The summed E-state index contributed by atoms with van der Waals surface area (Å²) in [5.74, 6) is 1.02. The zero-order valence-electron chi connectivity index (χ0n) is 15.0. The molecule has 25 heavy (non-hydrogen) atoms. The number of ether oxygens (including phenoxy) is 1. The zero-order chi connectivity index (χ0) is 18.6. The highest BCUT2D eigenvalue weighted by molar-refractivity contribution is 7.89. The first-order valence-corrected chi connectivity index (χ1v) is 9.58. The van der Waals surface area contributed by atoms with Crippen LogP contribution < -0.4 is 4.74 Å². The van der Waals surface area contributed by atoms with Gasteiger partial charge >= 0.3 is 0 Å². The molecule has 0 aromatic heterocycles. The van der Waals surface area contributed by atoms with E-state index in [1.807, 2.05) is 12.1 Å². The van der Waals surface area contributed by atoms with Crippen LogP contribution in [0.15, 0.2) is 53.4 Å². The van der Waals surface area contributed by atoms with Crippen molar-refractivity contribution in [1.29, 1.82) is 0 Å². The van der Waals surface area contributed by atoms with E-state index in [4.69, 9.17) is 4.74 Å². The zero-order valence-corrected chi connectivity index (χ0v) is 15.8. The molecule has 2 aromatic carbocycles. The van der Waals surface area contributed by atoms with Crippen molar-refractivity contribution in [2.45, 2.75) is 30.8 Å². The van der Waals surface area contributed by atoms with Gasteiger partial charge in [-0.3, -0.25) is 0 Å². The maximum atomic E-state index is 12.7. The number of aliphatic hydroxyl groups is 1. The first-order valence-electron chi connectivity index (χ1n) is 8.14. The van der Waals surface area contributed by atoms with Crippen LogP contribution in [0.3, 0.4) is 0 Å². The Kier molecular flexibility index (Phi) is 6.21. The highest BCUT2D eigenvalue weighted by Crippen LogP contribution is 2.23. The quantitative estimate of drug-likeness (QED) is 0.820. The van der Waals surface area contributed by atoms with E-state index in [9.17, 15) is 13.5 Å². The van der Waals surface area contributed by atoms with Crippen LogP contribution in [0.2, 0.25) is 0 Å². The highest BCUT2D eigenvalue weighted by atomic mass is 32.2. The molecular weight excluding hydrogens is 338 g/mol. The summed E-state index contributed by atoms with van der Waals surface area (Å²) in [7, 11) is -0.612. The normalized spacial score (nSPS) is 13.2. The molecule has 6 heteroatoms. The van der Waals surface area contributed by atoms with Crippen molar-refractivity contribution < 1.29 is 18.3 Å². The van der Waals surface area contributed by atoms with Crippen LogP contribution in [0.25, 0.3) is 0 Å². The van der Waals surface area contributed by atoms with Gasteiger partial charge in [0.2, 0.25) is 10.0 Å². The van der Waals surface area contributed by atoms with Crippen molar-refractivity contribution in [1.82, 2.24) is 4.31 Å². The Bertz CT molecular complexity index is 783. The number of sulfonamides is 1. The molecule has 0 aliphatic rings. The Hall–Kier alpha value is -1.89. The lowest BCUT2D eigenvalue weighted by Crippen LogP contribution is -2.31. The second-order valence-corrected chi connectivity index (χ2v) is 8.34. The van der Waals surface area contributed by atoms with Gasteiger partial charge in [0.05, 0.1) is 18.1 Å². The van der Waals surface area contributed by atoms with Crippen LogP contribution in [0.5, 0.6) is 5.75 Å². The van der Waals surface area contributed by atoms with Crippen molar-refractivity contribution in [2.24, 2.45) is 0 Å². The number of hydrogen-bond acceptors (Lipinski definition) is 4. The smallest absolute Gasteiger partial charge is 0.242 e. The van der Waals surface area contributed by atoms with Crippen molar-refractivity contribution in [2.75, 3.05) is 20.7 Å². The van der Waals surface area contributed by atoms with Crippen molar-refractivity contribution in [3.63, 3.8) is 0 Å². The van der Waals surface area contributed by atoms with Crippen molar-refractivity contribution in [3.8, 4) is 5.75 Å². The predicted octanol–water partition coefficient (Wildman–Crippen LogP) is 3.17. The standard InChI is InChI=1S/C19H25NO4S/c1-14(2)15-7-11-18(12-8-15)25(22,23)20(3)13-19(21)16-5-9-17(24-4)10-6-16/h5-12,14,19,21H,13H2,1-4H3. The van der Waals surface area contributed by atoms with Gasteiger partial charge in [0, 0.05) is 13.6 Å². The Morgan fingerprint density at radius 3 is 2.00 bits per heavy atom. The van der Waals surface area contributed by atoms with Crippen LogP contribution >= 0.6 is 0 Å². The third-order valence-electron chi connectivity index (χ3n) is 4.19. The molecule has 0 spiro atoms. The van der Waals surface area contributed by atoms with Crippen LogP contribution in [0.1, 0.15) is 37.0 Å². The van der Waals surface area contributed by atoms with E-state index in [2.05, 4.69) is 13.8 Å². The van der Waals surface area contributed by atoms with E-state index in [1.165, 1.54) is 11.4 Å². The minimum atomic E-state index is -3.65. The average molecular weight is 363 g/mol. The summed E-state index contributed by atoms with van der Waals surface area (Å²) in [5, 5.41) is 10.3. The SMILES string of the molecule is COc1ccc(C(O)CN(C)S(=O)(=O)c2ccc(C(C)C)cc2)cc1. The van der Waals surface area contributed by atoms with E-state index < -0.39 is 16.1 Å². The third-order valence-corrected chi connectivity index (χ3v) is 6.02. The van der Waals surface area contributed by atoms with Gasteiger partial charge < -0.3 is 9.84 Å². The molecule has 0 fully saturated rings. The molecule has 2 rings (SSSR count). The lowest BCUT2D eigenvalue weighted by molar-refractivity contribution is 0.155. The van der Waals surface area contributed by atoms with Gasteiger partial charge in [-0.2, -0.15) is 4.31 Å². The third kappa shape index (κ3) is 4.60. The van der Waals surface area contributed by atoms with Gasteiger partial charge in [-0.05, 0) is 41.3 Å². The molecule has 1 N–H and O–H groups in total. The predicted molar refractivity (Wildman–Crippen MR) is 98.3 cm³/mol. The lowest BCUT2D eigenvalue weighted by atomic mass is 10.0. The van der Waals surface area contributed by atoms with Crippen LogP contribution in [0, 0.1) is 0 Å². The van der Waals surface area contributed by atoms with Crippen molar-refractivity contribution >= 4 is 10.0 Å². The lowest BCUT2D eigenvalue weighted by Gasteiger charge is -2.21. The average Bonchev–Trinajstić information content (AvgIpc) is 2.61. The van der Waals surface area contributed by atoms with Gasteiger partial charge in [-0.1, -0.05) is 38.1 Å². The molecule has 1 atom stereocenters. The van der Waals surface area contributed by atoms with Gasteiger partial charge in [0.25, 0.3) is 0 Å². The van der Waals surface area contributed by atoms with Crippen molar-refractivity contribution in [3.05, 3.63) is 59.7 Å². The van der Waals surface area contributed by atoms with E-state index in [0.717, 1.165) is 5.56 Å². The number of likely N-dealkylation sites (N-methyl/N-ethyl adjacent to an activating group) is 1. The molecular formula is C19H25NO4S. The number of hydrogen-bond donors (Lipinski definition) is 1. The Morgan fingerprint density at radius 2 is 1.52 bits per heavy atom. The molecule has 0 amide bonds. The van der Waals surface area contributed by atoms with E-state index >= 15 is 0 Å². The number of methoxy groups -OCH3 is 1. The number of nitrogens with zero attached hydrogens (tertiary/aromatic N) is 1. The fraction of sp³-hybridized carbons (Fsp3) is 0.368. The van der Waals surface area contributed by atoms with E-state index in [0.29, 0.717) is 17.2 Å². The molecule has 1 unspecified atom stereocenters. The topological polar surface area (TPSA) is 66.8 Å². The molecule has 0 saturated carbocycles. The molecule has 2 aromatic rings. The van der Waals surface area contributed by atoms with Gasteiger partial charge in [0.15, 0.2) is 0 Å². The summed E-state index contributed by atoms with van der Waals surface area (Å²) in [6, 6.07) is 13.8. The first kappa shape index (κ1) is 19.4. The number of benzene rings is 2. The monoisotopic (exact) mass is 363 g/mol. The molecule has 0 aliphatic carbocycles. The summed E-state index contributed by atoms with van der Waals surface area (Å²) >= 11 is 0. The highest BCUT2D eigenvalue weighted by Gasteiger charge is 2.23. The van der Waals surface area contributed by atoms with Gasteiger partial charge in [-0.25, -0.2) is 8.42 Å². The molecule has 0 radical (unpaired) electrons. The second kappa shape index (κ2) is 7.99. The number of aliphatic hydroxyl groups excluding tert-OH is 1. The summed E-state index contributed by atoms with van der Waals surface area (Å²) in [4.78, 5) is 0.223. The molecule has 136 valence electrons. The minimum absolute atomic E-state index is 0.0272. The number of rotatable bonds is 7.